The molecule has 0 saturated carbocycles. The Labute approximate surface area is 151 Å². The largest absolute Gasteiger partial charge is 0.370 e. The van der Waals surface area contributed by atoms with Crippen molar-refractivity contribution < 1.29 is 19.2 Å². The summed E-state index contributed by atoms with van der Waals surface area (Å²) in [6.45, 7) is 1.45. The third-order valence-corrected chi connectivity index (χ3v) is 3.73. The molecular formula is C17H25N5O4. The van der Waals surface area contributed by atoms with Crippen LogP contribution in [0.3, 0.4) is 0 Å². The number of carbonyl (C=O) groups excluding carboxylic acids is 4. The summed E-state index contributed by atoms with van der Waals surface area (Å²) in [5, 5.41) is 4.88. The van der Waals surface area contributed by atoms with Crippen molar-refractivity contribution in [1.29, 1.82) is 0 Å². The van der Waals surface area contributed by atoms with Gasteiger partial charge in [-0.05, 0) is 25.3 Å². The molecule has 8 N–H and O–H groups in total. The Morgan fingerprint density at radius 1 is 1.00 bits per heavy atom. The normalized spacial score (nSPS) is 13.9. The number of nitrogens with two attached hydrogens (primary N) is 3. The fourth-order valence-electron chi connectivity index (χ4n) is 2.22. The fourth-order valence-corrected chi connectivity index (χ4v) is 2.22. The van der Waals surface area contributed by atoms with Gasteiger partial charge in [0.2, 0.25) is 23.6 Å². The maximum atomic E-state index is 12.1. The molecule has 3 atom stereocenters. The molecule has 0 spiro atoms. The second-order valence-electron chi connectivity index (χ2n) is 6.00. The van der Waals surface area contributed by atoms with Gasteiger partial charge >= 0.3 is 0 Å². The van der Waals surface area contributed by atoms with Crippen molar-refractivity contribution in [3.63, 3.8) is 0 Å². The second kappa shape index (κ2) is 10.1. The van der Waals surface area contributed by atoms with E-state index in [0.717, 1.165) is 5.56 Å². The number of benzene rings is 1. The molecule has 1 aromatic carbocycles. The van der Waals surface area contributed by atoms with Gasteiger partial charge in [-0.15, -0.1) is 0 Å². The molecule has 0 radical (unpaired) electrons. The SMILES string of the molecule is C[C@H](NC(=O)[C@@H](N)Cc1ccccc1)C(=O)N[C@@H](CCC(N)=O)C(N)=O. The molecule has 26 heavy (non-hydrogen) atoms. The molecule has 0 bridgehead atoms. The van der Waals surface area contributed by atoms with E-state index in [9.17, 15) is 19.2 Å². The molecule has 0 fully saturated rings. The minimum Gasteiger partial charge on any atom is -0.370 e. The van der Waals surface area contributed by atoms with Gasteiger partial charge in [0.15, 0.2) is 0 Å². The molecule has 142 valence electrons. The topological polar surface area (TPSA) is 170 Å². The first-order valence-electron chi connectivity index (χ1n) is 8.18. The van der Waals surface area contributed by atoms with Crippen LogP contribution in [-0.2, 0) is 25.6 Å². The highest BCUT2D eigenvalue weighted by atomic mass is 16.2. The predicted molar refractivity (Wildman–Crippen MR) is 95.3 cm³/mol. The molecule has 0 aliphatic rings. The minimum atomic E-state index is -1.05. The maximum Gasteiger partial charge on any atom is 0.242 e. The molecule has 4 amide bonds. The lowest BCUT2D eigenvalue weighted by Gasteiger charge is -2.20. The lowest BCUT2D eigenvalue weighted by atomic mass is 10.1. The Bertz CT molecular complexity index is 650. The van der Waals surface area contributed by atoms with Crippen LogP contribution in [0, 0.1) is 0 Å². The highest BCUT2D eigenvalue weighted by Crippen LogP contribution is 2.02. The third kappa shape index (κ3) is 7.31. The van der Waals surface area contributed by atoms with Crippen molar-refractivity contribution in [2.45, 2.75) is 44.3 Å². The number of amides is 4. The van der Waals surface area contributed by atoms with E-state index < -0.39 is 41.8 Å². The van der Waals surface area contributed by atoms with E-state index in [-0.39, 0.29) is 12.8 Å². The van der Waals surface area contributed by atoms with Crippen LogP contribution in [-0.4, -0.2) is 41.8 Å². The molecule has 9 heteroatoms. The summed E-state index contributed by atoms with van der Waals surface area (Å²) in [4.78, 5) is 46.4. The lowest BCUT2D eigenvalue weighted by molar-refractivity contribution is -0.131. The standard InChI is InChI=1S/C17H25N5O4/c1-10(16(25)22-13(15(20)24)7-8-14(19)23)21-17(26)12(18)9-11-5-3-2-4-6-11/h2-6,10,12-13H,7-9,18H2,1H3,(H2,19,23)(H2,20,24)(H,21,26)(H,22,25)/t10-,12-,13-/m0/s1. The summed E-state index contributed by atoms with van der Waals surface area (Å²) < 4.78 is 0. The van der Waals surface area contributed by atoms with Gasteiger partial charge in [-0.3, -0.25) is 19.2 Å². The average molecular weight is 363 g/mol. The number of nitrogens with one attached hydrogen (secondary N) is 2. The smallest absolute Gasteiger partial charge is 0.242 e. The van der Waals surface area contributed by atoms with Gasteiger partial charge in [-0.25, -0.2) is 0 Å². The zero-order chi connectivity index (χ0) is 19.7. The van der Waals surface area contributed by atoms with E-state index in [1.807, 2.05) is 30.3 Å². The Hall–Kier alpha value is -2.94. The van der Waals surface area contributed by atoms with Gasteiger partial charge in [-0.2, -0.15) is 0 Å². The molecule has 0 heterocycles. The molecule has 1 aromatic rings. The predicted octanol–water partition coefficient (Wildman–Crippen LogP) is -1.70. The van der Waals surface area contributed by atoms with Gasteiger partial charge in [0.25, 0.3) is 0 Å². The van der Waals surface area contributed by atoms with Crippen LogP contribution in [0.4, 0.5) is 0 Å². The Balaban J connectivity index is 2.54. The van der Waals surface area contributed by atoms with E-state index in [2.05, 4.69) is 10.6 Å². The van der Waals surface area contributed by atoms with Crippen LogP contribution in [0.15, 0.2) is 30.3 Å². The Morgan fingerprint density at radius 3 is 2.15 bits per heavy atom. The zero-order valence-corrected chi connectivity index (χ0v) is 14.6. The first kappa shape index (κ1) is 21.1. The van der Waals surface area contributed by atoms with Crippen LogP contribution in [0.1, 0.15) is 25.3 Å². The molecule has 0 aliphatic heterocycles. The van der Waals surface area contributed by atoms with Gasteiger partial charge in [0.05, 0.1) is 6.04 Å². The molecule has 0 aliphatic carbocycles. The number of rotatable bonds is 10. The fraction of sp³-hybridized carbons (Fsp3) is 0.412. The average Bonchev–Trinajstić information content (AvgIpc) is 2.58. The van der Waals surface area contributed by atoms with Crippen molar-refractivity contribution in [2.24, 2.45) is 17.2 Å². The summed E-state index contributed by atoms with van der Waals surface area (Å²) in [5.74, 6) is -2.51. The maximum absolute atomic E-state index is 12.1. The lowest BCUT2D eigenvalue weighted by Crippen LogP contribution is -2.54. The molecule has 0 aromatic heterocycles. The van der Waals surface area contributed by atoms with Crippen LogP contribution in [0.25, 0.3) is 0 Å². The third-order valence-electron chi connectivity index (χ3n) is 3.73. The number of hydrogen-bond donors (Lipinski definition) is 5. The first-order valence-corrected chi connectivity index (χ1v) is 8.18. The van der Waals surface area contributed by atoms with Gasteiger partial charge in [0.1, 0.15) is 12.1 Å². The monoisotopic (exact) mass is 363 g/mol. The van der Waals surface area contributed by atoms with Crippen molar-refractivity contribution in [3.05, 3.63) is 35.9 Å². The van der Waals surface area contributed by atoms with Gasteiger partial charge in [-0.1, -0.05) is 30.3 Å². The summed E-state index contributed by atoms with van der Waals surface area (Å²) in [6, 6.07) is 6.42. The van der Waals surface area contributed by atoms with E-state index in [1.54, 1.807) is 0 Å². The quantitative estimate of drug-likeness (QED) is 0.333. The summed E-state index contributed by atoms with van der Waals surface area (Å²) in [6.07, 6.45) is 0.213. The van der Waals surface area contributed by atoms with Crippen LogP contribution < -0.4 is 27.8 Å². The van der Waals surface area contributed by atoms with Crippen LogP contribution in [0.2, 0.25) is 0 Å². The summed E-state index contributed by atoms with van der Waals surface area (Å²) >= 11 is 0. The van der Waals surface area contributed by atoms with Crippen LogP contribution in [0.5, 0.6) is 0 Å². The summed E-state index contributed by atoms with van der Waals surface area (Å²) in [7, 11) is 0. The number of primary amides is 2. The van der Waals surface area contributed by atoms with Gasteiger partial charge < -0.3 is 27.8 Å². The highest BCUT2D eigenvalue weighted by molar-refractivity contribution is 5.92. The van der Waals surface area contributed by atoms with E-state index in [4.69, 9.17) is 17.2 Å². The van der Waals surface area contributed by atoms with Crippen molar-refractivity contribution in [1.82, 2.24) is 10.6 Å². The van der Waals surface area contributed by atoms with E-state index in [0.29, 0.717) is 6.42 Å². The van der Waals surface area contributed by atoms with E-state index in [1.165, 1.54) is 6.92 Å². The van der Waals surface area contributed by atoms with Crippen molar-refractivity contribution in [2.75, 3.05) is 0 Å². The van der Waals surface area contributed by atoms with Gasteiger partial charge in [0, 0.05) is 6.42 Å². The van der Waals surface area contributed by atoms with Crippen molar-refractivity contribution in [3.8, 4) is 0 Å². The Kier molecular flexibility index (Phi) is 8.23. The zero-order valence-electron chi connectivity index (χ0n) is 14.6. The molecule has 1 rings (SSSR count). The van der Waals surface area contributed by atoms with Crippen molar-refractivity contribution >= 4 is 23.6 Å². The molecule has 0 unspecified atom stereocenters. The second-order valence-corrected chi connectivity index (χ2v) is 6.00. The molecule has 9 nitrogen and oxygen atoms in total. The number of carbonyl (C=O) groups is 4. The Morgan fingerprint density at radius 2 is 1.62 bits per heavy atom. The molecular weight excluding hydrogens is 338 g/mol. The number of hydrogen-bond acceptors (Lipinski definition) is 5. The minimum absolute atomic E-state index is 0.00933. The summed E-state index contributed by atoms with van der Waals surface area (Å²) in [5.41, 5.74) is 17.0. The highest BCUT2D eigenvalue weighted by Gasteiger charge is 2.24. The molecule has 0 saturated heterocycles. The van der Waals surface area contributed by atoms with E-state index >= 15 is 0 Å². The first-order chi connectivity index (χ1) is 12.2. The van der Waals surface area contributed by atoms with Crippen LogP contribution >= 0.6 is 0 Å².